The fourth-order valence-electron chi connectivity index (χ4n) is 3.69. The highest BCUT2D eigenvalue weighted by Crippen LogP contribution is 2.24. The number of hydrogen-bond donors (Lipinski definition) is 2. The molecule has 1 heterocycles. The Labute approximate surface area is 176 Å². The average molecular weight is 431 g/mol. The third-order valence-corrected chi connectivity index (χ3v) is 7.05. The molecule has 30 heavy (non-hydrogen) atoms. The summed E-state index contributed by atoms with van der Waals surface area (Å²) in [5.74, 6) is -1.94. The van der Waals surface area contributed by atoms with Crippen LogP contribution in [0.25, 0.3) is 0 Å². The molecule has 0 spiro atoms. The first-order chi connectivity index (χ1) is 14.3. The lowest BCUT2D eigenvalue weighted by Crippen LogP contribution is -2.46. The summed E-state index contributed by atoms with van der Waals surface area (Å²) >= 11 is 0. The number of carboxylic acid groups (broad SMARTS) is 1. The normalized spacial score (nSPS) is 18.5. The Morgan fingerprint density at radius 3 is 2.33 bits per heavy atom. The third-order valence-electron chi connectivity index (χ3n) is 5.24. The van der Waals surface area contributed by atoms with E-state index >= 15 is 0 Å². The van der Waals surface area contributed by atoms with Gasteiger partial charge in [-0.1, -0.05) is 60.7 Å². The molecule has 0 bridgehead atoms. The van der Waals surface area contributed by atoms with Crippen LogP contribution in [0.2, 0.25) is 0 Å². The molecule has 1 aliphatic rings. The number of carbonyl (C=O) groups is 2. The van der Waals surface area contributed by atoms with E-state index in [1.54, 1.807) is 48.5 Å². The Hall–Kier alpha value is -2.71. The highest BCUT2D eigenvalue weighted by Gasteiger charge is 2.33. The van der Waals surface area contributed by atoms with E-state index in [9.17, 15) is 23.1 Å². The van der Waals surface area contributed by atoms with Gasteiger partial charge in [0.2, 0.25) is 15.9 Å². The molecule has 7 nitrogen and oxygen atoms in total. The Morgan fingerprint density at radius 2 is 1.70 bits per heavy atom. The van der Waals surface area contributed by atoms with Gasteiger partial charge in [0.25, 0.3) is 0 Å². The lowest BCUT2D eigenvalue weighted by Gasteiger charge is -2.32. The maximum Gasteiger partial charge on any atom is 0.305 e. The van der Waals surface area contributed by atoms with Crippen LogP contribution in [0, 0.1) is 5.92 Å². The first-order valence-corrected chi connectivity index (χ1v) is 11.5. The van der Waals surface area contributed by atoms with Gasteiger partial charge in [-0.2, -0.15) is 0 Å². The van der Waals surface area contributed by atoms with Crippen LogP contribution in [0.15, 0.2) is 60.7 Å². The summed E-state index contributed by atoms with van der Waals surface area (Å²) in [6.45, 7) is 0.492. The minimum atomic E-state index is -3.54. The summed E-state index contributed by atoms with van der Waals surface area (Å²) in [5.41, 5.74) is 1.41. The quantitative estimate of drug-likeness (QED) is 0.670. The van der Waals surface area contributed by atoms with Gasteiger partial charge in [0.1, 0.15) is 0 Å². The van der Waals surface area contributed by atoms with Gasteiger partial charge in [-0.25, -0.2) is 12.7 Å². The molecule has 1 amide bonds. The van der Waals surface area contributed by atoms with Crippen LogP contribution in [0.5, 0.6) is 0 Å². The van der Waals surface area contributed by atoms with Gasteiger partial charge in [0, 0.05) is 13.1 Å². The van der Waals surface area contributed by atoms with Crippen LogP contribution in [0.4, 0.5) is 0 Å². The van der Waals surface area contributed by atoms with Gasteiger partial charge < -0.3 is 10.4 Å². The molecule has 1 aliphatic heterocycles. The molecule has 2 aromatic carbocycles. The van der Waals surface area contributed by atoms with E-state index in [0.717, 1.165) is 0 Å². The van der Waals surface area contributed by atoms with Crippen molar-refractivity contribution < 1.29 is 23.1 Å². The van der Waals surface area contributed by atoms with Crippen LogP contribution >= 0.6 is 0 Å². The van der Waals surface area contributed by atoms with E-state index < -0.39 is 28.0 Å². The van der Waals surface area contributed by atoms with Crippen molar-refractivity contribution in [1.29, 1.82) is 0 Å². The number of carboxylic acids is 1. The van der Waals surface area contributed by atoms with Gasteiger partial charge in [-0.05, 0) is 24.0 Å². The van der Waals surface area contributed by atoms with E-state index in [1.807, 2.05) is 12.1 Å². The van der Waals surface area contributed by atoms with Gasteiger partial charge in [0.15, 0.2) is 0 Å². The van der Waals surface area contributed by atoms with Crippen LogP contribution < -0.4 is 5.32 Å². The van der Waals surface area contributed by atoms with Gasteiger partial charge in [-0.3, -0.25) is 9.59 Å². The molecule has 0 aliphatic carbocycles. The number of nitrogens with zero attached hydrogens (tertiary/aromatic N) is 1. The van der Waals surface area contributed by atoms with Crippen LogP contribution in [-0.2, 0) is 25.4 Å². The number of carbonyl (C=O) groups excluding carboxylic acids is 1. The zero-order valence-electron chi connectivity index (χ0n) is 16.6. The Morgan fingerprint density at radius 1 is 1.07 bits per heavy atom. The topological polar surface area (TPSA) is 104 Å². The molecule has 0 saturated carbocycles. The van der Waals surface area contributed by atoms with E-state index in [1.165, 1.54) is 4.31 Å². The maximum atomic E-state index is 12.9. The summed E-state index contributed by atoms with van der Waals surface area (Å²) in [6, 6.07) is 17.2. The summed E-state index contributed by atoms with van der Waals surface area (Å²) in [7, 11) is -3.54. The van der Waals surface area contributed by atoms with Crippen molar-refractivity contribution in [2.24, 2.45) is 5.92 Å². The molecule has 160 valence electrons. The second-order valence-electron chi connectivity index (χ2n) is 7.51. The summed E-state index contributed by atoms with van der Waals surface area (Å²) in [4.78, 5) is 24.1. The zero-order chi connectivity index (χ0) is 21.6. The molecule has 2 aromatic rings. The van der Waals surface area contributed by atoms with Crippen LogP contribution in [-0.4, -0.2) is 42.8 Å². The first-order valence-electron chi connectivity index (χ1n) is 9.94. The van der Waals surface area contributed by atoms with Crippen LogP contribution in [0.3, 0.4) is 0 Å². The number of rotatable bonds is 8. The van der Waals surface area contributed by atoms with Gasteiger partial charge in [-0.15, -0.1) is 0 Å². The fourth-order valence-corrected chi connectivity index (χ4v) is 5.30. The summed E-state index contributed by atoms with van der Waals surface area (Å²) in [5, 5.41) is 12.0. The third kappa shape index (κ3) is 5.90. The Bertz CT molecular complexity index is 964. The number of aliphatic carboxylic acids is 1. The number of hydrogen-bond acceptors (Lipinski definition) is 4. The molecule has 2 atom stereocenters. The fraction of sp³-hybridized carbons (Fsp3) is 0.364. The molecule has 0 radical (unpaired) electrons. The van der Waals surface area contributed by atoms with Crippen molar-refractivity contribution in [2.75, 3.05) is 13.1 Å². The molecular formula is C22H26N2O5S. The molecule has 2 N–H and O–H groups in total. The zero-order valence-corrected chi connectivity index (χ0v) is 17.4. The molecule has 1 fully saturated rings. The maximum absolute atomic E-state index is 12.9. The van der Waals surface area contributed by atoms with E-state index in [0.29, 0.717) is 30.5 Å². The molecule has 2 unspecified atom stereocenters. The smallest absolute Gasteiger partial charge is 0.305 e. The lowest BCUT2D eigenvalue weighted by molar-refractivity contribution is -0.138. The van der Waals surface area contributed by atoms with Crippen molar-refractivity contribution >= 4 is 21.9 Å². The number of benzene rings is 2. The molecule has 0 aromatic heterocycles. The van der Waals surface area contributed by atoms with Crippen molar-refractivity contribution in [2.45, 2.75) is 31.1 Å². The predicted octanol–water partition coefficient (Wildman–Crippen LogP) is 2.56. The van der Waals surface area contributed by atoms with Gasteiger partial charge in [0.05, 0.1) is 24.1 Å². The largest absolute Gasteiger partial charge is 0.481 e. The van der Waals surface area contributed by atoms with Crippen molar-refractivity contribution in [3.63, 3.8) is 0 Å². The number of amides is 1. The minimum Gasteiger partial charge on any atom is -0.481 e. The van der Waals surface area contributed by atoms with E-state index in [2.05, 4.69) is 5.32 Å². The number of sulfonamides is 1. The summed E-state index contributed by atoms with van der Waals surface area (Å²) in [6.07, 6.45) is 0.914. The lowest BCUT2D eigenvalue weighted by atomic mass is 9.97. The highest BCUT2D eigenvalue weighted by molar-refractivity contribution is 7.88. The van der Waals surface area contributed by atoms with Crippen molar-refractivity contribution in [1.82, 2.24) is 9.62 Å². The van der Waals surface area contributed by atoms with E-state index in [4.69, 9.17) is 0 Å². The van der Waals surface area contributed by atoms with Crippen molar-refractivity contribution in [3.05, 3.63) is 71.8 Å². The first kappa shape index (κ1) is 22.0. The van der Waals surface area contributed by atoms with Crippen molar-refractivity contribution in [3.8, 4) is 0 Å². The second-order valence-corrected chi connectivity index (χ2v) is 9.48. The second kappa shape index (κ2) is 9.86. The van der Waals surface area contributed by atoms with Gasteiger partial charge >= 0.3 is 5.97 Å². The molecular weight excluding hydrogens is 404 g/mol. The average Bonchev–Trinajstić information content (AvgIpc) is 2.74. The number of piperidine rings is 1. The Kier molecular flexibility index (Phi) is 7.23. The molecule has 8 heteroatoms. The minimum absolute atomic E-state index is 0.103. The summed E-state index contributed by atoms with van der Waals surface area (Å²) < 4.78 is 27.0. The predicted molar refractivity (Wildman–Crippen MR) is 113 cm³/mol. The molecule has 1 saturated heterocycles. The SMILES string of the molecule is O=C(O)CC(NC(=O)C1CCCN(S(=O)(=O)Cc2ccccc2)C1)c1ccccc1. The van der Waals surface area contributed by atoms with E-state index in [-0.39, 0.29) is 24.6 Å². The monoisotopic (exact) mass is 430 g/mol. The highest BCUT2D eigenvalue weighted by atomic mass is 32.2. The number of nitrogens with one attached hydrogen (secondary N) is 1. The Balaban J connectivity index is 1.67. The molecule has 3 rings (SSSR count). The standard InChI is InChI=1S/C22H26N2O5S/c25-21(26)14-20(18-10-5-2-6-11-18)23-22(27)19-12-7-13-24(15-19)30(28,29)16-17-8-3-1-4-9-17/h1-6,8-11,19-20H,7,12-16H2,(H,23,27)(H,25,26). The van der Waals surface area contributed by atoms with Crippen LogP contribution in [0.1, 0.15) is 36.4 Å².